The normalized spacial score (nSPS) is 19.3. The second kappa shape index (κ2) is 27.3. The van der Waals surface area contributed by atoms with Crippen LogP contribution in [-0.4, -0.2) is 58.6 Å². The molecule has 6 aromatic rings. The summed E-state index contributed by atoms with van der Waals surface area (Å²) in [6.07, 6.45) is -14.1. The Labute approximate surface area is 424 Å². The van der Waals surface area contributed by atoms with Crippen molar-refractivity contribution in [2.75, 3.05) is 0 Å². The van der Waals surface area contributed by atoms with Gasteiger partial charge in [0, 0.05) is 6.42 Å². The number of aliphatic hydroxyl groups is 2. The minimum absolute atomic E-state index is 0.281. The molecular weight excluding hydrogens is 1000 g/mol. The zero-order chi connectivity index (χ0) is 51.5. The Bertz CT molecular complexity index is 2620. The molecule has 1 fully saturated rings. The van der Waals surface area contributed by atoms with E-state index in [0.29, 0.717) is 33.4 Å². The van der Waals surface area contributed by atoms with Gasteiger partial charge in [-0.3, -0.25) is 45.5 Å². The Kier molecular flexibility index (Phi) is 20.7. The summed E-state index contributed by atoms with van der Waals surface area (Å²) in [5.74, 6) is -1.44. The van der Waals surface area contributed by atoms with E-state index in [1.807, 2.05) is 0 Å². The predicted octanol–water partition coefficient (Wildman–Crippen LogP) is 10.8. The first-order valence-corrected chi connectivity index (χ1v) is 27.7. The molecule has 73 heavy (non-hydrogen) atoms. The number of ether oxygens (including phenoxy) is 1. The average molecular weight is 1060 g/mol. The molecule has 6 atom stereocenters. The van der Waals surface area contributed by atoms with E-state index in [1.165, 1.54) is 6.92 Å². The van der Waals surface area contributed by atoms with Gasteiger partial charge in [-0.05, 0) is 40.3 Å². The van der Waals surface area contributed by atoms with Crippen molar-refractivity contribution in [3.05, 3.63) is 215 Å². The van der Waals surface area contributed by atoms with Crippen LogP contribution in [0.25, 0.3) is 0 Å². The van der Waals surface area contributed by atoms with Crippen molar-refractivity contribution < 1.29 is 78.9 Å². The van der Waals surface area contributed by atoms with Crippen molar-refractivity contribution in [2.45, 2.75) is 96.0 Å². The number of carbonyl (C=O) groups excluding carboxylic acids is 2. The van der Waals surface area contributed by atoms with Crippen LogP contribution in [-0.2, 0) is 108 Å². The summed E-state index contributed by atoms with van der Waals surface area (Å²) in [5.41, 5.74) is 3.15. The van der Waals surface area contributed by atoms with Crippen molar-refractivity contribution >= 4 is 35.2 Å². The SMILES string of the molecule is CC(=O)CCC(=O)O[C@H]1[C@H](O)[C@H](O)[C@H](OP(=O)(OCc2ccccc2)OCc2ccccc2)[C@@H](OP(=O)(OCc2ccccc2)OCc2ccccc2)[C@@H]1OP(=O)(OCc1ccccc1)OCc1ccccc1. The van der Waals surface area contributed by atoms with Crippen molar-refractivity contribution in [3.8, 4) is 0 Å². The van der Waals surface area contributed by atoms with E-state index in [1.54, 1.807) is 182 Å². The lowest BCUT2D eigenvalue weighted by Crippen LogP contribution is -2.66. The van der Waals surface area contributed by atoms with Gasteiger partial charge in [0.15, 0.2) is 6.10 Å². The Morgan fingerprint density at radius 3 is 0.863 bits per heavy atom. The van der Waals surface area contributed by atoms with Crippen molar-refractivity contribution in [1.29, 1.82) is 0 Å². The van der Waals surface area contributed by atoms with Crippen molar-refractivity contribution in [1.82, 2.24) is 0 Å². The molecule has 386 valence electrons. The Balaban J connectivity index is 1.36. The van der Waals surface area contributed by atoms with E-state index in [-0.39, 0.29) is 51.8 Å². The number of Topliss-reactive ketones (excluding diaryl/α,β-unsaturated/α-hetero) is 1. The van der Waals surface area contributed by atoms with Gasteiger partial charge in [-0.25, -0.2) is 13.7 Å². The summed E-state index contributed by atoms with van der Waals surface area (Å²) < 4.78 is 107. The highest BCUT2D eigenvalue weighted by atomic mass is 31.2. The molecule has 6 aromatic carbocycles. The number of carbonyl (C=O) groups is 2. The lowest BCUT2D eigenvalue weighted by atomic mass is 9.85. The Morgan fingerprint density at radius 2 is 0.603 bits per heavy atom. The van der Waals surface area contributed by atoms with Crippen LogP contribution in [0.5, 0.6) is 0 Å². The maximum atomic E-state index is 15.5. The number of rotatable bonds is 28. The van der Waals surface area contributed by atoms with Crippen LogP contribution in [0.15, 0.2) is 182 Å². The Morgan fingerprint density at radius 1 is 0.370 bits per heavy atom. The van der Waals surface area contributed by atoms with E-state index in [4.69, 9.17) is 45.5 Å². The quantitative estimate of drug-likeness (QED) is 0.0345. The summed E-state index contributed by atoms with van der Waals surface area (Å²) in [6.45, 7) is -1.01. The molecule has 1 aliphatic rings. The number of phosphoric ester groups is 3. The van der Waals surface area contributed by atoms with E-state index in [0.717, 1.165) is 0 Å². The second-order valence-electron chi connectivity index (χ2n) is 16.7. The highest BCUT2D eigenvalue weighted by molar-refractivity contribution is 7.49. The fourth-order valence-electron chi connectivity index (χ4n) is 7.25. The molecule has 0 aliphatic heterocycles. The monoisotopic (exact) mass is 1060 g/mol. The van der Waals surface area contributed by atoms with Crippen LogP contribution in [0.1, 0.15) is 53.1 Å². The third-order valence-electron chi connectivity index (χ3n) is 11.1. The van der Waals surface area contributed by atoms with Gasteiger partial charge in [0.1, 0.15) is 36.3 Å². The van der Waals surface area contributed by atoms with E-state index in [9.17, 15) is 19.8 Å². The molecule has 1 aliphatic carbocycles. The lowest BCUT2D eigenvalue weighted by molar-refractivity contribution is -0.227. The number of hydrogen-bond donors (Lipinski definition) is 2. The molecule has 1 saturated carbocycles. The fraction of sp³-hybridized carbons (Fsp3) is 0.283. The second-order valence-corrected chi connectivity index (χ2v) is 21.6. The molecule has 0 aromatic heterocycles. The van der Waals surface area contributed by atoms with Crippen LogP contribution >= 0.6 is 23.5 Å². The largest absolute Gasteiger partial charge is 0.475 e. The lowest BCUT2D eigenvalue weighted by Gasteiger charge is -2.47. The van der Waals surface area contributed by atoms with E-state index in [2.05, 4.69) is 0 Å². The van der Waals surface area contributed by atoms with Gasteiger partial charge in [-0.2, -0.15) is 0 Å². The third kappa shape index (κ3) is 17.4. The van der Waals surface area contributed by atoms with Crippen LogP contribution in [0.2, 0.25) is 0 Å². The summed E-state index contributed by atoms with van der Waals surface area (Å²) in [5, 5.41) is 24.5. The van der Waals surface area contributed by atoms with Gasteiger partial charge in [-0.1, -0.05) is 182 Å². The topological polar surface area (TPSA) is 218 Å². The maximum absolute atomic E-state index is 15.5. The van der Waals surface area contributed by atoms with Gasteiger partial charge in [0.25, 0.3) is 0 Å². The third-order valence-corrected chi connectivity index (χ3v) is 15.3. The molecular formula is C53H57O17P3. The number of ketones is 1. The number of aliphatic hydroxyl groups excluding tert-OH is 2. The molecule has 0 saturated heterocycles. The molecule has 0 amide bonds. The molecule has 2 N–H and O–H groups in total. The van der Waals surface area contributed by atoms with Crippen molar-refractivity contribution in [2.24, 2.45) is 0 Å². The first-order valence-electron chi connectivity index (χ1n) is 23.3. The number of hydrogen-bond acceptors (Lipinski definition) is 17. The highest BCUT2D eigenvalue weighted by Crippen LogP contribution is 2.60. The molecule has 17 nitrogen and oxygen atoms in total. The summed E-state index contributed by atoms with van der Waals surface area (Å²) in [7, 11) is -15.2. The van der Waals surface area contributed by atoms with Gasteiger partial charge in [0.05, 0.1) is 46.1 Å². The molecule has 7 rings (SSSR count). The molecule has 0 unspecified atom stereocenters. The van der Waals surface area contributed by atoms with Gasteiger partial charge in [-0.15, -0.1) is 0 Å². The maximum Gasteiger partial charge on any atom is 0.475 e. The molecule has 0 heterocycles. The molecule has 20 heteroatoms. The van der Waals surface area contributed by atoms with Gasteiger partial charge < -0.3 is 19.7 Å². The number of phosphoric acid groups is 3. The number of esters is 1. The smallest absolute Gasteiger partial charge is 0.457 e. The average Bonchev–Trinajstić information content (AvgIpc) is 3.42. The summed E-state index contributed by atoms with van der Waals surface area (Å²) in [6, 6.07) is 51.5. The molecule has 0 spiro atoms. The fourth-order valence-corrected chi connectivity index (χ4v) is 11.3. The van der Waals surface area contributed by atoms with Gasteiger partial charge >= 0.3 is 29.4 Å². The Hall–Kier alpha value is -5.29. The van der Waals surface area contributed by atoms with Crippen LogP contribution in [0, 0.1) is 0 Å². The standard InChI is InChI=1S/C53H57O17P3/c1-40(54)32-33-47(55)67-50-48(56)49(57)51(68-71(58,61-34-41-20-8-2-9-21-41)62-35-42-22-10-3-11-23-42)53(70-73(60,65-38-45-28-16-6-17-29-45)66-39-46-30-18-7-19-31-46)52(50)69-72(59,63-36-43-24-12-4-13-25-43)64-37-44-26-14-5-15-27-44/h2-31,48-53,56-57H,32-39H2,1H3/t48-,49+,50+,51+,52-,53-/m1/s1. The summed E-state index contributed by atoms with van der Waals surface area (Å²) >= 11 is 0. The van der Waals surface area contributed by atoms with E-state index < -0.39 is 72.5 Å². The summed E-state index contributed by atoms with van der Waals surface area (Å²) in [4.78, 5) is 25.7. The first-order chi connectivity index (χ1) is 35.3. The van der Waals surface area contributed by atoms with Crippen LogP contribution < -0.4 is 0 Å². The first kappa shape index (κ1) is 55.5. The van der Waals surface area contributed by atoms with E-state index >= 15 is 13.7 Å². The molecule has 0 bridgehead atoms. The zero-order valence-corrected chi connectivity index (χ0v) is 42.5. The van der Waals surface area contributed by atoms with Crippen molar-refractivity contribution in [3.63, 3.8) is 0 Å². The molecule has 0 radical (unpaired) electrons. The van der Waals surface area contributed by atoms with Gasteiger partial charge in [0.2, 0.25) is 0 Å². The minimum atomic E-state index is -5.09. The highest BCUT2D eigenvalue weighted by Gasteiger charge is 2.60. The minimum Gasteiger partial charge on any atom is -0.457 e. The predicted molar refractivity (Wildman–Crippen MR) is 267 cm³/mol. The zero-order valence-electron chi connectivity index (χ0n) is 39.8. The van der Waals surface area contributed by atoms with Crippen LogP contribution in [0.3, 0.4) is 0 Å². The number of benzene rings is 6. The van der Waals surface area contributed by atoms with Crippen LogP contribution in [0.4, 0.5) is 0 Å².